The maximum absolute atomic E-state index is 13.1. The van der Waals surface area contributed by atoms with E-state index in [0.717, 1.165) is 17.7 Å². The predicted octanol–water partition coefficient (Wildman–Crippen LogP) is 3.67. The number of nitrogens with one attached hydrogen (secondary N) is 1. The number of carbonyl (C=O) groups is 2. The van der Waals surface area contributed by atoms with Crippen molar-refractivity contribution in [2.75, 3.05) is 11.4 Å². The molecule has 2 aromatic carbocycles. The predicted molar refractivity (Wildman–Crippen MR) is 108 cm³/mol. The van der Waals surface area contributed by atoms with E-state index in [2.05, 4.69) is 15.5 Å². The summed E-state index contributed by atoms with van der Waals surface area (Å²) >= 11 is 0. The Labute approximate surface area is 172 Å². The fourth-order valence-corrected chi connectivity index (χ4v) is 3.46. The standard InChI is InChI=1S/C22H21FN4O3/c1-3-19(28)27-11-10-15-12-16(6-9-18(15)27)21(29)24-13(2)22-25-20(26-30-22)14-4-7-17(23)8-5-14/h4-9,12-13H,3,10-11H2,1-2H3,(H,24,29). The molecule has 1 aromatic heterocycles. The molecule has 1 aliphatic rings. The van der Waals surface area contributed by atoms with Gasteiger partial charge >= 0.3 is 0 Å². The summed E-state index contributed by atoms with van der Waals surface area (Å²) in [6.07, 6.45) is 1.17. The van der Waals surface area contributed by atoms with Crippen LogP contribution in [0.2, 0.25) is 0 Å². The summed E-state index contributed by atoms with van der Waals surface area (Å²) in [5.74, 6) is 0.0347. The summed E-state index contributed by atoms with van der Waals surface area (Å²) in [5, 5.41) is 6.75. The first kappa shape index (κ1) is 19.8. The summed E-state index contributed by atoms with van der Waals surface area (Å²) in [6.45, 7) is 4.22. The summed E-state index contributed by atoms with van der Waals surface area (Å²) in [7, 11) is 0. The lowest BCUT2D eigenvalue weighted by Crippen LogP contribution is -2.28. The second kappa shape index (κ2) is 8.06. The topological polar surface area (TPSA) is 88.3 Å². The lowest BCUT2D eigenvalue weighted by molar-refractivity contribution is -0.118. The highest BCUT2D eigenvalue weighted by Crippen LogP contribution is 2.29. The zero-order chi connectivity index (χ0) is 21.3. The third-order valence-electron chi connectivity index (χ3n) is 5.10. The molecule has 0 fully saturated rings. The fraction of sp³-hybridized carbons (Fsp3) is 0.273. The maximum Gasteiger partial charge on any atom is 0.251 e. The molecule has 1 atom stereocenters. The van der Waals surface area contributed by atoms with Crippen molar-refractivity contribution in [3.63, 3.8) is 0 Å². The Balaban J connectivity index is 1.45. The third-order valence-corrected chi connectivity index (χ3v) is 5.10. The van der Waals surface area contributed by atoms with Crippen molar-refractivity contribution in [2.24, 2.45) is 0 Å². The van der Waals surface area contributed by atoms with Crippen LogP contribution in [0.25, 0.3) is 11.4 Å². The Morgan fingerprint density at radius 1 is 1.23 bits per heavy atom. The maximum atomic E-state index is 13.1. The average Bonchev–Trinajstić information content (AvgIpc) is 3.40. The molecule has 4 rings (SSSR count). The fourth-order valence-electron chi connectivity index (χ4n) is 3.46. The van der Waals surface area contributed by atoms with Gasteiger partial charge in [-0.1, -0.05) is 12.1 Å². The summed E-state index contributed by atoms with van der Waals surface area (Å²) in [5.41, 5.74) is 2.97. The van der Waals surface area contributed by atoms with Crippen LogP contribution in [-0.2, 0) is 11.2 Å². The molecule has 8 heteroatoms. The lowest BCUT2D eigenvalue weighted by atomic mass is 10.1. The molecule has 2 amide bonds. The molecule has 0 spiro atoms. The van der Waals surface area contributed by atoms with Gasteiger partial charge in [0.1, 0.15) is 11.9 Å². The van der Waals surface area contributed by atoms with Crippen LogP contribution in [0.1, 0.15) is 48.1 Å². The van der Waals surface area contributed by atoms with Crippen molar-refractivity contribution in [2.45, 2.75) is 32.7 Å². The summed E-state index contributed by atoms with van der Waals surface area (Å²) in [6, 6.07) is 10.6. The molecule has 0 saturated carbocycles. The first-order valence-electron chi connectivity index (χ1n) is 9.80. The highest BCUT2D eigenvalue weighted by Gasteiger charge is 2.25. The van der Waals surface area contributed by atoms with Crippen LogP contribution in [0.4, 0.5) is 10.1 Å². The van der Waals surface area contributed by atoms with E-state index in [1.807, 2.05) is 19.1 Å². The Bertz CT molecular complexity index is 1090. The molecule has 0 radical (unpaired) electrons. The van der Waals surface area contributed by atoms with E-state index in [1.54, 1.807) is 30.0 Å². The van der Waals surface area contributed by atoms with Crippen molar-refractivity contribution in [3.8, 4) is 11.4 Å². The van der Waals surface area contributed by atoms with Gasteiger partial charge in [0.05, 0.1) is 0 Å². The molecule has 0 bridgehead atoms. The molecule has 7 nitrogen and oxygen atoms in total. The molecule has 0 saturated heterocycles. The molecule has 1 N–H and O–H groups in total. The number of anilines is 1. The first-order valence-corrected chi connectivity index (χ1v) is 9.80. The number of hydrogen-bond donors (Lipinski definition) is 1. The number of nitrogens with zero attached hydrogens (tertiary/aromatic N) is 3. The first-order chi connectivity index (χ1) is 14.5. The van der Waals surface area contributed by atoms with Crippen molar-refractivity contribution >= 4 is 17.5 Å². The zero-order valence-corrected chi connectivity index (χ0v) is 16.7. The molecule has 1 unspecified atom stereocenters. The van der Waals surface area contributed by atoms with Crippen LogP contribution < -0.4 is 10.2 Å². The van der Waals surface area contributed by atoms with Gasteiger partial charge in [-0.3, -0.25) is 9.59 Å². The lowest BCUT2D eigenvalue weighted by Gasteiger charge is -2.16. The SMILES string of the molecule is CCC(=O)N1CCc2cc(C(=O)NC(C)c3nc(-c4ccc(F)cc4)no3)ccc21. The number of halogens is 1. The van der Waals surface area contributed by atoms with Crippen molar-refractivity contribution in [1.82, 2.24) is 15.5 Å². The van der Waals surface area contributed by atoms with E-state index in [0.29, 0.717) is 29.9 Å². The number of hydrogen-bond acceptors (Lipinski definition) is 5. The highest BCUT2D eigenvalue weighted by atomic mass is 19.1. The summed E-state index contributed by atoms with van der Waals surface area (Å²) < 4.78 is 18.3. The number of rotatable bonds is 5. The van der Waals surface area contributed by atoms with Gasteiger partial charge in [-0.05, 0) is 61.4 Å². The largest absolute Gasteiger partial charge is 0.341 e. The van der Waals surface area contributed by atoms with Gasteiger partial charge in [0, 0.05) is 29.8 Å². The van der Waals surface area contributed by atoms with Crippen LogP contribution in [0.3, 0.4) is 0 Å². The molecule has 30 heavy (non-hydrogen) atoms. The van der Waals surface area contributed by atoms with E-state index in [4.69, 9.17) is 4.52 Å². The van der Waals surface area contributed by atoms with Gasteiger partial charge in [-0.2, -0.15) is 4.98 Å². The molecule has 0 aliphatic carbocycles. The molecule has 2 heterocycles. The molecule has 154 valence electrons. The Morgan fingerprint density at radius 2 is 2.00 bits per heavy atom. The Kier molecular flexibility index (Phi) is 5.31. The van der Waals surface area contributed by atoms with Gasteiger partial charge in [0.25, 0.3) is 5.91 Å². The van der Waals surface area contributed by atoms with Crippen LogP contribution in [0.5, 0.6) is 0 Å². The number of carbonyl (C=O) groups excluding carboxylic acids is 2. The molecular weight excluding hydrogens is 387 g/mol. The van der Waals surface area contributed by atoms with E-state index in [9.17, 15) is 14.0 Å². The number of fused-ring (bicyclic) bond motifs is 1. The second-order valence-electron chi connectivity index (χ2n) is 7.15. The minimum Gasteiger partial charge on any atom is -0.341 e. The number of benzene rings is 2. The van der Waals surface area contributed by atoms with Gasteiger partial charge in [-0.15, -0.1) is 0 Å². The third kappa shape index (κ3) is 3.80. The van der Waals surface area contributed by atoms with Gasteiger partial charge in [0.15, 0.2) is 0 Å². The Hall–Kier alpha value is -3.55. The second-order valence-corrected chi connectivity index (χ2v) is 7.15. The van der Waals surface area contributed by atoms with Crippen molar-refractivity contribution in [3.05, 3.63) is 65.3 Å². The van der Waals surface area contributed by atoms with Gasteiger partial charge < -0.3 is 14.7 Å². The number of aromatic nitrogens is 2. The van der Waals surface area contributed by atoms with E-state index in [1.165, 1.54) is 12.1 Å². The molecule has 1 aliphatic heterocycles. The number of amides is 2. The van der Waals surface area contributed by atoms with E-state index >= 15 is 0 Å². The Morgan fingerprint density at radius 3 is 2.73 bits per heavy atom. The zero-order valence-electron chi connectivity index (χ0n) is 16.7. The minimum absolute atomic E-state index is 0.0768. The van der Waals surface area contributed by atoms with Crippen molar-refractivity contribution < 1.29 is 18.5 Å². The monoisotopic (exact) mass is 408 g/mol. The molecular formula is C22H21FN4O3. The van der Waals surface area contributed by atoms with E-state index < -0.39 is 6.04 Å². The van der Waals surface area contributed by atoms with Crippen LogP contribution in [0, 0.1) is 5.82 Å². The minimum atomic E-state index is -0.509. The van der Waals surface area contributed by atoms with E-state index in [-0.39, 0.29) is 23.5 Å². The average molecular weight is 408 g/mol. The van der Waals surface area contributed by atoms with Crippen LogP contribution in [-0.4, -0.2) is 28.5 Å². The highest BCUT2D eigenvalue weighted by molar-refractivity contribution is 5.98. The smallest absolute Gasteiger partial charge is 0.251 e. The quantitative estimate of drug-likeness (QED) is 0.696. The normalized spacial score (nSPS) is 13.8. The van der Waals surface area contributed by atoms with Crippen molar-refractivity contribution in [1.29, 1.82) is 0 Å². The van der Waals surface area contributed by atoms with Crippen LogP contribution >= 0.6 is 0 Å². The molecule has 3 aromatic rings. The van der Waals surface area contributed by atoms with Crippen LogP contribution in [0.15, 0.2) is 47.0 Å². The van der Waals surface area contributed by atoms with Gasteiger partial charge in [0.2, 0.25) is 17.6 Å². The van der Waals surface area contributed by atoms with Gasteiger partial charge in [-0.25, -0.2) is 4.39 Å². The summed E-state index contributed by atoms with van der Waals surface area (Å²) in [4.78, 5) is 30.8.